The van der Waals surface area contributed by atoms with E-state index in [1.165, 1.54) is 283 Å². The van der Waals surface area contributed by atoms with Crippen LogP contribution in [0.3, 0.4) is 0 Å². The van der Waals surface area contributed by atoms with Crippen LogP contribution in [0.1, 0.15) is 465 Å². The highest BCUT2D eigenvalue weighted by Crippen LogP contribution is 2.45. The minimum absolute atomic E-state index is 0.106. The first-order valence-corrected chi connectivity index (χ1v) is 48.0. The molecule has 0 aromatic heterocycles. The van der Waals surface area contributed by atoms with Crippen LogP contribution in [-0.4, -0.2) is 96.7 Å². The summed E-state index contributed by atoms with van der Waals surface area (Å²) in [6, 6.07) is 0. The maximum atomic E-state index is 13.2. The predicted octanol–water partition coefficient (Wildman–Crippen LogP) is 26.6. The molecule has 3 N–H and O–H groups in total. The molecule has 17 nitrogen and oxygen atoms in total. The Bertz CT molecular complexity index is 2030. The van der Waals surface area contributed by atoms with E-state index in [4.69, 9.17) is 37.0 Å². The van der Waals surface area contributed by atoms with E-state index < -0.39 is 97.5 Å². The summed E-state index contributed by atoms with van der Waals surface area (Å²) in [4.78, 5) is 73.2. The first-order chi connectivity index (χ1) is 51.4. The smallest absolute Gasteiger partial charge is 0.462 e. The van der Waals surface area contributed by atoms with Crippen molar-refractivity contribution in [1.82, 2.24) is 0 Å². The molecule has 0 aliphatic heterocycles. The van der Waals surface area contributed by atoms with E-state index in [1.807, 2.05) is 0 Å². The van der Waals surface area contributed by atoms with Gasteiger partial charge in [0.15, 0.2) is 12.2 Å². The van der Waals surface area contributed by atoms with E-state index in [1.54, 1.807) is 0 Å². The molecule has 0 fully saturated rings. The molecule has 0 radical (unpaired) electrons. The standard InChI is InChI=1S/C87H170O17P2/c1-7-10-12-14-16-18-20-22-24-26-28-30-32-34-36-38-40-45-53-59-65-71-86(91)103-82(75-97-84(89)69-63-57-51-44-39-37-35-33-31-29-27-25-23-21-19-17-15-13-11-8-2)77-101-105(93,94)99-73-81(88)74-100-106(95,96)102-78-83(76-98-85(90)70-64-58-52-48-47-49-55-61-67-79(4)5)104-87(92)72-66-60-54-46-42-41-43-50-56-62-68-80(6)9-3/h79-83,88H,7-78H2,1-6H3,(H,93,94)(H,95,96)/t80?,81-,82-,83-/m1/s1. The van der Waals surface area contributed by atoms with Crippen LogP contribution in [0.4, 0.5) is 0 Å². The third kappa shape index (κ3) is 78.7. The average Bonchev–Trinajstić information content (AvgIpc) is 0.947. The molecule has 630 valence electrons. The van der Waals surface area contributed by atoms with Gasteiger partial charge < -0.3 is 33.8 Å². The van der Waals surface area contributed by atoms with E-state index in [-0.39, 0.29) is 25.7 Å². The molecule has 0 amide bonds. The second-order valence-corrected chi connectivity index (χ2v) is 34.9. The number of aliphatic hydroxyl groups excluding tert-OH is 1. The third-order valence-electron chi connectivity index (χ3n) is 20.8. The van der Waals surface area contributed by atoms with Crippen molar-refractivity contribution in [1.29, 1.82) is 0 Å². The predicted molar refractivity (Wildman–Crippen MR) is 437 cm³/mol. The van der Waals surface area contributed by atoms with E-state index in [0.29, 0.717) is 25.7 Å². The minimum Gasteiger partial charge on any atom is -0.462 e. The zero-order chi connectivity index (χ0) is 77.8. The molecular weight excluding hydrogens is 1380 g/mol. The van der Waals surface area contributed by atoms with Crippen LogP contribution in [-0.2, 0) is 65.4 Å². The Labute approximate surface area is 651 Å². The van der Waals surface area contributed by atoms with Gasteiger partial charge in [-0.05, 0) is 37.5 Å². The van der Waals surface area contributed by atoms with Crippen molar-refractivity contribution in [3.63, 3.8) is 0 Å². The fourth-order valence-corrected chi connectivity index (χ4v) is 15.1. The van der Waals surface area contributed by atoms with Crippen molar-refractivity contribution in [3.8, 4) is 0 Å². The van der Waals surface area contributed by atoms with Crippen molar-refractivity contribution in [2.75, 3.05) is 39.6 Å². The van der Waals surface area contributed by atoms with Crippen LogP contribution in [0.15, 0.2) is 0 Å². The highest BCUT2D eigenvalue weighted by atomic mass is 31.2. The number of carbonyl (C=O) groups excluding carboxylic acids is 4. The van der Waals surface area contributed by atoms with Gasteiger partial charge in [0, 0.05) is 25.7 Å². The number of carbonyl (C=O) groups is 4. The number of aliphatic hydroxyl groups is 1. The Morgan fingerprint density at radius 2 is 0.481 bits per heavy atom. The number of hydrogen-bond donors (Lipinski definition) is 3. The topological polar surface area (TPSA) is 237 Å². The second kappa shape index (κ2) is 78.3. The fraction of sp³-hybridized carbons (Fsp3) is 0.954. The Balaban J connectivity index is 5.23. The molecule has 6 atom stereocenters. The average molecular weight is 1550 g/mol. The number of unbranched alkanes of at least 4 members (excludes halogenated alkanes) is 55. The monoisotopic (exact) mass is 1550 g/mol. The number of phosphoric ester groups is 2. The lowest BCUT2D eigenvalue weighted by molar-refractivity contribution is -0.161. The van der Waals surface area contributed by atoms with Gasteiger partial charge in [-0.15, -0.1) is 0 Å². The van der Waals surface area contributed by atoms with Crippen LogP contribution < -0.4 is 0 Å². The summed E-state index contributed by atoms with van der Waals surface area (Å²) in [5.41, 5.74) is 0. The van der Waals surface area contributed by atoms with Gasteiger partial charge in [0.05, 0.1) is 26.4 Å². The number of rotatable bonds is 86. The molecule has 0 rings (SSSR count). The van der Waals surface area contributed by atoms with Gasteiger partial charge in [0.25, 0.3) is 0 Å². The molecule has 0 spiro atoms. The number of esters is 4. The summed E-state index contributed by atoms with van der Waals surface area (Å²) in [6.07, 6.45) is 71.0. The Hall–Kier alpha value is -1.94. The van der Waals surface area contributed by atoms with Crippen molar-refractivity contribution in [2.24, 2.45) is 11.8 Å². The molecule has 0 heterocycles. The molecular formula is C87H170O17P2. The molecule has 0 aromatic rings. The molecule has 0 aliphatic rings. The lowest BCUT2D eigenvalue weighted by Crippen LogP contribution is -2.30. The fourth-order valence-electron chi connectivity index (χ4n) is 13.6. The molecule has 0 saturated heterocycles. The Morgan fingerprint density at radius 1 is 0.274 bits per heavy atom. The minimum atomic E-state index is -4.97. The van der Waals surface area contributed by atoms with Crippen molar-refractivity contribution in [3.05, 3.63) is 0 Å². The van der Waals surface area contributed by atoms with Gasteiger partial charge in [0.2, 0.25) is 0 Å². The number of ether oxygens (including phenoxy) is 4. The zero-order valence-corrected chi connectivity index (χ0v) is 71.5. The van der Waals surface area contributed by atoms with Crippen LogP contribution in [0.25, 0.3) is 0 Å². The third-order valence-corrected chi connectivity index (χ3v) is 22.7. The summed E-state index contributed by atoms with van der Waals surface area (Å²) < 4.78 is 68.9. The van der Waals surface area contributed by atoms with E-state index in [0.717, 1.165) is 102 Å². The normalized spacial score (nSPS) is 14.1. The van der Waals surface area contributed by atoms with Crippen LogP contribution >= 0.6 is 15.6 Å². The largest absolute Gasteiger partial charge is 0.472 e. The lowest BCUT2D eigenvalue weighted by atomic mass is 9.99. The van der Waals surface area contributed by atoms with Crippen LogP contribution in [0.2, 0.25) is 0 Å². The van der Waals surface area contributed by atoms with E-state index in [2.05, 4.69) is 41.5 Å². The molecule has 0 saturated carbocycles. The van der Waals surface area contributed by atoms with E-state index >= 15 is 0 Å². The van der Waals surface area contributed by atoms with E-state index in [9.17, 15) is 43.2 Å². The summed E-state index contributed by atoms with van der Waals surface area (Å²) in [5, 5.41) is 10.7. The Morgan fingerprint density at radius 3 is 0.717 bits per heavy atom. The second-order valence-electron chi connectivity index (χ2n) is 32.0. The summed E-state index contributed by atoms with van der Waals surface area (Å²) >= 11 is 0. The highest BCUT2D eigenvalue weighted by molar-refractivity contribution is 7.47. The molecule has 0 bridgehead atoms. The van der Waals surface area contributed by atoms with Crippen LogP contribution in [0, 0.1) is 11.8 Å². The van der Waals surface area contributed by atoms with Crippen molar-refractivity contribution in [2.45, 2.75) is 484 Å². The maximum absolute atomic E-state index is 13.2. The zero-order valence-electron chi connectivity index (χ0n) is 69.7. The first kappa shape index (κ1) is 104. The van der Waals surface area contributed by atoms with Gasteiger partial charge in [-0.25, -0.2) is 9.13 Å². The number of hydrogen-bond acceptors (Lipinski definition) is 15. The maximum Gasteiger partial charge on any atom is 0.472 e. The van der Waals surface area contributed by atoms with Crippen LogP contribution in [0.5, 0.6) is 0 Å². The molecule has 3 unspecified atom stereocenters. The molecule has 0 aliphatic carbocycles. The summed E-state index contributed by atoms with van der Waals surface area (Å²) in [6.45, 7) is 9.66. The first-order valence-electron chi connectivity index (χ1n) is 45.0. The molecule has 0 aromatic carbocycles. The van der Waals surface area contributed by atoms with Gasteiger partial charge in [0.1, 0.15) is 19.3 Å². The van der Waals surface area contributed by atoms with Gasteiger partial charge in [-0.1, -0.05) is 414 Å². The number of phosphoric acid groups is 2. The van der Waals surface area contributed by atoms with Crippen molar-refractivity contribution < 1.29 is 80.2 Å². The van der Waals surface area contributed by atoms with Crippen molar-refractivity contribution >= 4 is 39.5 Å². The quantitative estimate of drug-likeness (QED) is 0.0222. The highest BCUT2D eigenvalue weighted by Gasteiger charge is 2.30. The molecule has 106 heavy (non-hydrogen) atoms. The molecule has 19 heteroatoms. The SMILES string of the molecule is CCCCCCCCCCCCCCCCCCCCCCCC(=O)O[C@H](COC(=O)CCCCCCCCCCCCCCCCCCCCCC)COP(=O)(O)OC[C@@H](O)COP(=O)(O)OC[C@@H](COC(=O)CCCCCCCCCCC(C)C)OC(=O)CCCCCCCCCCCCC(C)CC. The summed E-state index contributed by atoms with van der Waals surface area (Å²) in [5.74, 6) is -0.574. The van der Waals surface area contributed by atoms with Gasteiger partial charge >= 0.3 is 39.5 Å². The Kier molecular flexibility index (Phi) is 76.9. The van der Waals surface area contributed by atoms with Gasteiger partial charge in [-0.3, -0.25) is 37.3 Å². The summed E-state index contributed by atoms with van der Waals surface area (Å²) in [7, 11) is -9.93. The lowest BCUT2D eigenvalue weighted by Gasteiger charge is -2.21. The van der Waals surface area contributed by atoms with Gasteiger partial charge in [-0.2, -0.15) is 0 Å².